The summed E-state index contributed by atoms with van der Waals surface area (Å²) in [4.78, 5) is 0. The van der Waals surface area contributed by atoms with Crippen LogP contribution in [0.2, 0.25) is 0 Å². The largest absolute Gasteiger partial charge is 0.396 e. The van der Waals surface area contributed by atoms with E-state index in [-0.39, 0.29) is 11.1 Å². The van der Waals surface area contributed by atoms with Gasteiger partial charge in [-0.1, -0.05) is 48.5 Å². The molecule has 0 amide bonds. The van der Waals surface area contributed by atoms with E-state index in [0.29, 0.717) is 18.2 Å². The smallest absolute Gasteiger partial charge is 0.182 e. The van der Waals surface area contributed by atoms with Gasteiger partial charge in [0, 0.05) is 41.7 Å². The second-order valence-corrected chi connectivity index (χ2v) is 9.68. The van der Waals surface area contributed by atoms with E-state index in [1.807, 2.05) is 0 Å². The molecule has 2 aromatic carbocycles. The number of fused-ring (bicyclic) bond motifs is 7. The second-order valence-electron chi connectivity index (χ2n) is 9.68. The zero-order chi connectivity index (χ0) is 17.4. The highest BCUT2D eigenvalue weighted by Gasteiger charge is 3.03. The predicted molar refractivity (Wildman–Crippen MR) is 100 cm³/mol. The van der Waals surface area contributed by atoms with Crippen LogP contribution in [-0.2, 0) is 16.6 Å². The van der Waals surface area contributed by atoms with Gasteiger partial charge < -0.3 is 5.11 Å². The summed E-state index contributed by atoms with van der Waals surface area (Å²) in [5.74, 6) is 0.926. The van der Waals surface area contributed by atoms with E-state index in [1.54, 1.807) is 16.7 Å². The fraction of sp³-hybridized carbons (Fsp3) is 0.500. The van der Waals surface area contributed by atoms with E-state index in [0.717, 1.165) is 12.3 Å². The lowest BCUT2D eigenvalue weighted by Gasteiger charge is -2.51. The van der Waals surface area contributed by atoms with Crippen LogP contribution in [0, 0.1) is 5.92 Å². The van der Waals surface area contributed by atoms with Crippen molar-refractivity contribution in [1.29, 1.82) is 0 Å². The SMILES string of the molecule is CC12c3ccccc3[C@]3(CC4CC4)CC4[C@](CCO)(c5ccccc51)[N+]423. The Balaban J connectivity index is 1.59. The summed E-state index contributed by atoms with van der Waals surface area (Å²) in [5, 5.41) is 10.1. The number of quaternary nitrogens is 1. The van der Waals surface area contributed by atoms with Crippen molar-refractivity contribution in [1.82, 2.24) is 0 Å². The fourth-order valence-corrected chi connectivity index (χ4v) is 8.60. The minimum absolute atomic E-state index is 0.0696. The maximum atomic E-state index is 10.1. The Morgan fingerprint density at radius 1 is 0.962 bits per heavy atom. The van der Waals surface area contributed by atoms with Gasteiger partial charge >= 0.3 is 0 Å². The van der Waals surface area contributed by atoms with Crippen molar-refractivity contribution in [2.75, 3.05) is 6.61 Å². The lowest BCUT2D eigenvalue weighted by atomic mass is 9.75. The first-order valence-electron chi connectivity index (χ1n) is 10.4. The standard InChI is InChI=1S/C24H26NO/c1-22-17-6-2-4-8-19(17)23(14-16-10-11-16)15-21-24(12-13-26,25(21,22)23)20-9-5-3-7-18(20)22/h2-9,16,21,26H,10-15H2,1H3/q+1/t21?,22?,23-,24-,25?/m0/s1. The number of nitrogens with zero attached hydrogens (tertiary/aromatic N) is 1. The summed E-state index contributed by atoms with van der Waals surface area (Å²) in [6.07, 6.45) is 6.45. The van der Waals surface area contributed by atoms with Crippen molar-refractivity contribution in [3.8, 4) is 0 Å². The molecule has 1 spiro atoms. The van der Waals surface area contributed by atoms with Crippen LogP contribution in [0.3, 0.4) is 0 Å². The third-order valence-corrected chi connectivity index (χ3v) is 9.18. The summed E-state index contributed by atoms with van der Waals surface area (Å²) in [6.45, 7) is 2.83. The molecule has 2 aromatic rings. The molecule has 3 fully saturated rings. The molecule has 5 aliphatic rings. The van der Waals surface area contributed by atoms with E-state index in [9.17, 15) is 5.11 Å². The van der Waals surface area contributed by atoms with E-state index >= 15 is 0 Å². The molecule has 1 N–H and O–H groups in total. The highest BCUT2D eigenvalue weighted by atomic mass is 16.3. The van der Waals surface area contributed by atoms with Crippen LogP contribution in [0.25, 0.3) is 0 Å². The van der Waals surface area contributed by atoms with Crippen LogP contribution in [-0.4, -0.2) is 22.2 Å². The molecule has 132 valence electrons. The van der Waals surface area contributed by atoms with Gasteiger partial charge in [-0.05, 0) is 25.7 Å². The lowest BCUT2D eigenvalue weighted by molar-refractivity contribution is -0.975. The summed E-state index contributed by atoms with van der Waals surface area (Å²) in [7, 11) is 0. The van der Waals surface area contributed by atoms with Crippen LogP contribution in [0.1, 0.15) is 61.3 Å². The maximum Gasteiger partial charge on any atom is 0.182 e. The van der Waals surface area contributed by atoms with Gasteiger partial charge in [0.2, 0.25) is 0 Å². The maximum absolute atomic E-state index is 10.1. The zero-order valence-electron chi connectivity index (χ0n) is 15.4. The van der Waals surface area contributed by atoms with Crippen molar-refractivity contribution in [2.24, 2.45) is 5.92 Å². The van der Waals surface area contributed by atoms with Gasteiger partial charge in [0.15, 0.2) is 17.1 Å². The summed E-state index contributed by atoms with van der Waals surface area (Å²) < 4.78 is 1.22. The molecule has 1 aliphatic carbocycles. The molecule has 5 atom stereocenters. The first-order chi connectivity index (χ1) is 12.7. The molecule has 2 heteroatoms. The number of hydrogen-bond donors (Lipinski definition) is 1. The van der Waals surface area contributed by atoms with Gasteiger partial charge in [-0.3, -0.25) is 4.48 Å². The van der Waals surface area contributed by atoms with E-state index in [4.69, 9.17) is 0 Å². The predicted octanol–water partition coefficient (Wildman–Crippen LogP) is 4.15. The van der Waals surface area contributed by atoms with Crippen molar-refractivity contribution in [3.63, 3.8) is 0 Å². The van der Waals surface area contributed by atoms with Crippen molar-refractivity contribution < 1.29 is 9.59 Å². The monoisotopic (exact) mass is 344 g/mol. The zero-order valence-corrected chi connectivity index (χ0v) is 15.4. The van der Waals surface area contributed by atoms with Crippen molar-refractivity contribution >= 4 is 0 Å². The fourth-order valence-electron chi connectivity index (χ4n) is 8.60. The molecule has 3 unspecified atom stereocenters. The Labute approximate surface area is 155 Å². The van der Waals surface area contributed by atoms with E-state index < -0.39 is 0 Å². The molecule has 0 radical (unpaired) electrons. The number of aliphatic hydroxyl groups is 1. The molecule has 1 saturated carbocycles. The molecule has 2 nitrogen and oxygen atoms in total. The van der Waals surface area contributed by atoms with Gasteiger partial charge in [-0.2, -0.15) is 0 Å². The quantitative estimate of drug-likeness (QED) is 0.652. The van der Waals surface area contributed by atoms with Gasteiger partial charge in [0.1, 0.15) is 5.54 Å². The highest BCUT2D eigenvalue weighted by Crippen LogP contribution is 2.91. The molecule has 7 rings (SSSR count). The topological polar surface area (TPSA) is 20.2 Å². The molecule has 4 heterocycles. The Morgan fingerprint density at radius 2 is 1.58 bits per heavy atom. The van der Waals surface area contributed by atoms with E-state index in [1.165, 1.54) is 35.7 Å². The summed E-state index contributed by atoms with van der Waals surface area (Å²) in [6, 6.07) is 19.3. The van der Waals surface area contributed by atoms with Gasteiger partial charge in [0.05, 0.1) is 6.42 Å². The molecular weight excluding hydrogens is 318 g/mol. The average Bonchev–Trinajstić information content (AvgIpc) is 3.51. The third-order valence-electron chi connectivity index (χ3n) is 9.18. The normalized spacial score (nSPS) is 45.4. The minimum atomic E-state index is 0.0696. The summed E-state index contributed by atoms with van der Waals surface area (Å²) in [5.41, 5.74) is 6.83. The number of rotatable bonds is 4. The van der Waals surface area contributed by atoms with Gasteiger partial charge in [0.25, 0.3) is 0 Å². The molecule has 26 heavy (non-hydrogen) atoms. The van der Waals surface area contributed by atoms with Crippen molar-refractivity contribution in [3.05, 3.63) is 70.8 Å². The van der Waals surface area contributed by atoms with Gasteiger partial charge in [-0.15, -0.1) is 0 Å². The number of hydrogen-bond acceptors (Lipinski definition) is 1. The minimum Gasteiger partial charge on any atom is -0.396 e. The van der Waals surface area contributed by atoms with E-state index in [2.05, 4.69) is 55.5 Å². The molecular formula is C24H26NO+. The Hall–Kier alpha value is -1.64. The average molecular weight is 344 g/mol. The molecule has 0 aromatic heterocycles. The Bertz CT molecular complexity index is 980. The number of benzene rings is 2. The summed E-state index contributed by atoms with van der Waals surface area (Å²) >= 11 is 0. The van der Waals surface area contributed by atoms with Crippen LogP contribution < -0.4 is 0 Å². The lowest BCUT2D eigenvalue weighted by Crippen LogP contribution is -2.62. The van der Waals surface area contributed by atoms with Crippen LogP contribution in [0.5, 0.6) is 0 Å². The molecule has 2 saturated heterocycles. The van der Waals surface area contributed by atoms with Crippen LogP contribution in [0.15, 0.2) is 48.5 Å². The first kappa shape index (κ1) is 14.4. The number of aliphatic hydroxyl groups excluding tert-OH is 1. The highest BCUT2D eigenvalue weighted by molar-refractivity contribution is 5.62. The van der Waals surface area contributed by atoms with Gasteiger partial charge in [-0.25, -0.2) is 0 Å². The first-order valence-corrected chi connectivity index (χ1v) is 10.4. The Morgan fingerprint density at radius 3 is 2.23 bits per heavy atom. The van der Waals surface area contributed by atoms with Crippen molar-refractivity contribution in [2.45, 2.75) is 61.7 Å². The van der Waals surface area contributed by atoms with Crippen LogP contribution in [0.4, 0.5) is 0 Å². The molecule has 0 bridgehead atoms. The molecule has 4 aliphatic heterocycles. The van der Waals surface area contributed by atoms with Crippen LogP contribution >= 0.6 is 0 Å². The third kappa shape index (κ3) is 1.05. The Kier molecular flexibility index (Phi) is 2.19. The second kappa shape index (κ2) is 3.95.